The number of benzene rings is 2. The largest absolute Gasteiger partial charge is 0.492 e. The third-order valence-electron chi connectivity index (χ3n) is 7.43. The second-order valence-corrected chi connectivity index (χ2v) is 11.2. The number of alkyl halides is 3. The number of aryl methyl sites for hydroxylation is 1. The molecule has 0 bridgehead atoms. The average molecular weight is 620 g/mol. The van der Waals surface area contributed by atoms with Gasteiger partial charge >= 0.3 is 13.3 Å². The molecule has 9 N–H and O–H groups in total. The number of nitrogens with one attached hydrogen (secondary N) is 2. The first-order chi connectivity index (χ1) is 20.7. The Morgan fingerprint density at radius 2 is 1.66 bits per heavy atom. The molecule has 0 fully saturated rings. The van der Waals surface area contributed by atoms with E-state index in [-0.39, 0.29) is 44.7 Å². The summed E-state index contributed by atoms with van der Waals surface area (Å²) in [5.74, 6) is -1.53. The van der Waals surface area contributed by atoms with E-state index < -0.39 is 48.4 Å². The summed E-state index contributed by atoms with van der Waals surface area (Å²) in [5, 5.41) is 15.7. The Balaban J connectivity index is 1.72. The summed E-state index contributed by atoms with van der Waals surface area (Å²) in [6.07, 6.45) is -4.31. The minimum Gasteiger partial charge on any atom is -0.423 e. The zero-order chi connectivity index (χ0) is 32.7. The molecule has 3 rings (SSSR count). The first-order valence-corrected chi connectivity index (χ1v) is 14.4. The van der Waals surface area contributed by atoms with Crippen molar-refractivity contribution in [1.82, 2.24) is 10.2 Å². The van der Waals surface area contributed by atoms with Gasteiger partial charge < -0.3 is 42.4 Å². The van der Waals surface area contributed by atoms with Crippen LogP contribution in [-0.2, 0) is 37.2 Å². The van der Waals surface area contributed by atoms with E-state index in [1.165, 1.54) is 17.0 Å². The number of hydrogen-bond acceptors (Lipinski definition) is 8. The summed E-state index contributed by atoms with van der Waals surface area (Å²) in [7, 11) is -1.18. The van der Waals surface area contributed by atoms with Crippen LogP contribution in [0.25, 0.3) is 0 Å². The van der Waals surface area contributed by atoms with Crippen LogP contribution in [0.15, 0.2) is 42.5 Å². The van der Waals surface area contributed by atoms with Crippen LogP contribution in [-0.4, -0.2) is 73.0 Å². The fourth-order valence-corrected chi connectivity index (χ4v) is 4.99. The summed E-state index contributed by atoms with van der Waals surface area (Å²) < 4.78 is 44.5. The molecular formula is C29H40BF3N6O5. The van der Waals surface area contributed by atoms with Crippen molar-refractivity contribution in [3.8, 4) is 0 Å². The molecule has 11 nitrogen and oxygen atoms in total. The van der Waals surface area contributed by atoms with Crippen molar-refractivity contribution in [2.45, 2.75) is 63.4 Å². The maximum Gasteiger partial charge on any atom is 0.492 e. The molecule has 1 heterocycles. The van der Waals surface area contributed by atoms with Gasteiger partial charge in [-0.2, -0.15) is 13.2 Å². The Bertz CT molecular complexity index is 1310. The molecule has 2 aromatic rings. The fraction of sp³-hybridized carbons (Fsp3) is 0.483. The van der Waals surface area contributed by atoms with Crippen LogP contribution in [0, 0.1) is 0 Å². The lowest BCUT2D eigenvalue weighted by atomic mass is 9.78. The van der Waals surface area contributed by atoms with Crippen molar-refractivity contribution >= 4 is 36.0 Å². The van der Waals surface area contributed by atoms with E-state index in [9.17, 15) is 32.6 Å². The van der Waals surface area contributed by atoms with Crippen molar-refractivity contribution in [3.05, 3.63) is 59.2 Å². The minimum atomic E-state index is -4.48. The number of nitrogens with zero attached hydrogens (tertiary/aromatic N) is 1. The van der Waals surface area contributed by atoms with Crippen molar-refractivity contribution < 1.29 is 37.2 Å². The van der Waals surface area contributed by atoms with E-state index in [4.69, 9.17) is 21.9 Å². The van der Waals surface area contributed by atoms with E-state index in [1.807, 2.05) is 0 Å². The van der Waals surface area contributed by atoms with Gasteiger partial charge in [0.1, 0.15) is 6.04 Å². The number of anilines is 1. The number of carbonyl (C=O) groups is 3. The second-order valence-electron chi connectivity index (χ2n) is 11.2. The summed E-state index contributed by atoms with van der Waals surface area (Å²) in [5.41, 5.74) is 17.8. The Labute approximate surface area is 254 Å². The number of nitrogens with two attached hydrogens (primary N) is 3. The van der Waals surface area contributed by atoms with Gasteiger partial charge in [0.2, 0.25) is 17.7 Å². The van der Waals surface area contributed by atoms with E-state index in [0.717, 1.165) is 17.7 Å². The normalized spacial score (nSPS) is 15.3. The van der Waals surface area contributed by atoms with Crippen LogP contribution >= 0.6 is 0 Å². The Morgan fingerprint density at radius 1 is 1.02 bits per heavy atom. The highest BCUT2D eigenvalue weighted by Crippen LogP contribution is 2.31. The van der Waals surface area contributed by atoms with Gasteiger partial charge in [0.05, 0.1) is 17.2 Å². The smallest absolute Gasteiger partial charge is 0.423 e. The van der Waals surface area contributed by atoms with Gasteiger partial charge in [-0.1, -0.05) is 18.2 Å². The molecule has 0 spiro atoms. The molecule has 0 saturated heterocycles. The summed E-state index contributed by atoms with van der Waals surface area (Å²) in [6.45, 7) is 4.74. The van der Waals surface area contributed by atoms with Gasteiger partial charge in [0, 0.05) is 38.3 Å². The molecule has 44 heavy (non-hydrogen) atoms. The van der Waals surface area contributed by atoms with Gasteiger partial charge in [-0.05, 0) is 74.0 Å². The molecule has 0 aliphatic carbocycles. The highest BCUT2D eigenvalue weighted by Gasteiger charge is 2.40. The molecule has 2 aromatic carbocycles. The molecule has 3 amide bonds. The van der Waals surface area contributed by atoms with Crippen molar-refractivity contribution in [2.75, 3.05) is 31.5 Å². The minimum absolute atomic E-state index is 0.00203. The lowest BCUT2D eigenvalue weighted by Gasteiger charge is -2.23. The summed E-state index contributed by atoms with van der Waals surface area (Å²) in [4.78, 5) is 40.4. The number of rotatable bonds is 14. The van der Waals surface area contributed by atoms with Crippen LogP contribution in [0.4, 0.5) is 18.9 Å². The zero-order valence-electron chi connectivity index (χ0n) is 24.8. The van der Waals surface area contributed by atoms with Crippen LogP contribution in [0.1, 0.15) is 49.8 Å². The number of carbonyl (C=O) groups excluding carboxylic acids is 3. The van der Waals surface area contributed by atoms with E-state index in [1.54, 1.807) is 32.0 Å². The first-order valence-electron chi connectivity index (χ1n) is 14.4. The molecule has 1 aliphatic heterocycles. The predicted molar refractivity (Wildman–Crippen MR) is 160 cm³/mol. The quantitative estimate of drug-likeness (QED) is 0.166. The topological polar surface area (TPSA) is 186 Å². The Kier molecular flexibility index (Phi) is 11.9. The van der Waals surface area contributed by atoms with Gasteiger partial charge in [0.25, 0.3) is 0 Å². The number of halogens is 3. The van der Waals surface area contributed by atoms with E-state index >= 15 is 0 Å². The molecule has 0 aromatic heterocycles. The fourth-order valence-electron chi connectivity index (χ4n) is 4.99. The van der Waals surface area contributed by atoms with E-state index in [0.29, 0.717) is 29.8 Å². The standard InChI is InChI=1S/C29H40BF3N6O5/c1-28(2)21-9-8-20(17-22(21)30(43)44-28)37-27(42)24(11-5-18-3-6-19(7-4-18)29(31,32)33)38-26(41)23(36)10-12-25(40)39(15-13-34)16-14-35/h3-4,6-9,17,23-24,43H,5,10-16,34-36H2,1-2H3,(H,37,42)(H,38,41). The lowest BCUT2D eigenvalue weighted by Crippen LogP contribution is -2.50. The molecule has 1 aliphatic rings. The molecular weight excluding hydrogens is 580 g/mol. The molecule has 0 saturated carbocycles. The van der Waals surface area contributed by atoms with Gasteiger partial charge in [-0.3, -0.25) is 14.4 Å². The zero-order valence-corrected chi connectivity index (χ0v) is 24.8. The lowest BCUT2D eigenvalue weighted by molar-refractivity contribution is -0.137. The third kappa shape index (κ3) is 9.25. The van der Waals surface area contributed by atoms with Gasteiger partial charge in [0.15, 0.2) is 0 Å². The molecule has 2 atom stereocenters. The molecule has 2 unspecified atom stereocenters. The third-order valence-corrected chi connectivity index (χ3v) is 7.43. The van der Waals surface area contributed by atoms with Gasteiger partial charge in [-0.15, -0.1) is 0 Å². The molecule has 240 valence electrons. The van der Waals surface area contributed by atoms with Crippen molar-refractivity contribution in [1.29, 1.82) is 0 Å². The molecule has 0 radical (unpaired) electrons. The maximum atomic E-state index is 13.4. The first kappa shape index (κ1) is 35.0. The summed E-state index contributed by atoms with van der Waals surface area (Å²) >= 11 is 0. The number of fused-ring (bicyclic) bond motifs is 1. The summed E-state index contributed by atoms with van der Waals surface area (Å²) in [6, 6.07) is 7.23. The number of hydrogen-bond donors (Lipinski definition) is 6. The van der Waals surface area contributed by atoms with E-state index in [2.05, 4.69) is 10.6 Å². The van der Waals surface area contributed by atoms with Crippen LogP contribution in [0.5, 0.6) is 0 Å². The van der Waals surface area contributed by atoms with Crippen molar-refractivity contribution in [2.24, 2.45) is 17.2 Å². The average Bonchev–Trinajstić information content (AvgIpc) is 3.20. The predicted octanol–water partition coefficient (Wildman–Crippen LogP) is 0.568. The molecule has 15 heteroatoms. The highest BCUT2D eigenvalue weighted by molar-refractivity contribution is 6.62. The number of amides is 3. The van der Waals surface area contributed by atoms with Crippen LogP contribution < -0.4 is 33.3 Å². The maximum absolute atomic E-state index is 13.4. The van der Waals surface area contributed by atoms with Crippen LogP contribution in [0.3, 0.4) is 0 Å². The van der Waals surface area contributed by atoms with Crippen molar-refractivity contribution in [3.63, 3.8) is 0 Å². The second kappa shape index (κ2) is 15.0. The monoisotopic (exact) mass is 620 g/mol. The Hall–Kier alpha value is -3.50. The highest BCUT2D eigenvalue weighted by atomic mass is 19.4. The van der Waals surface area contributed by atoms with Crippen LogP contribution in [0.2, 0.25) is 0 Å². The SMILES string of the molecule is CC1(C)OB(O)c2cc(NC(=O)C(CCc3ccc(C(F)(F)F)cc3)NC(=O)C(N)CCC(=O)N(CCN)CCN)ccc21. The van der Waals surface area contributed by atoms with Gasteiger partial charge in [-0.25, -0.2) is 0 Å². The Morgan fingerprint density at radius 3 is 2.25 bits per heavy atom.